The van der Waals surface area contributed by atoms with Crippen LogP contribution in [0, 0.1) is 11.3 Å². The van der Waals surface area contributed by atoms with Crippen molar-refractivity contribution in [2.75, 3.05) is 31.1 Å². The van der Waals surface area contributed by atoms with Gasteiger partial charge in [0.25, 0.3) is 0 Å². The molecule has 0 radical (unpaired) electrons. The average molecular weight is 411 g/mol. The molecule has 2 fully saturated rings. The molecule has 4 rings (SSSR count). The topological polar surface area (TPSA) is 60.2 Å². The summed E-state index contributed by atoms with van der Waals surface area (Å²) < 4.78 is 1.01. The second-order valence-electron chi connectivity index (χ2n) is 6.86. The Labute approximate surface area is 161 Å². The fraction of sp³-hybridized carbons (Fsp3) is 0.350. The number of aromatic nitrogens is 1. The fourth-order valence-corrected chi connectivity index (χ4v) is 4.10. The van der Waals surface area contributed by atoms with E-state index in [9.17, 15) is 10.1 Å². The number of amides is 1. The number of piperazine rings is 1. The number of hydrogen-bond acceptors (Lipinski definition) is 4. The van der Waals surface area contributed by atoms with E-state index in [0.717, 1.165) is 28.7 Å². The second-order valence-corrected chi connectivity index (χ2v) is 7.77. The van der Waals surface area contributed by atoms with Gasteiger partial charge in [0.05, 0.1) is 11.0 Å². The first-order valence-electron chi connectivity index (χ1n) is 8.79. The number of anilines is 1. The summed E-state index contributed by atoms with van der Waals surface area (Å²) in [6.45, 7) is 2.73. The largest absolute Gasteiger partial charge is 0.352 e. The molecule has 2 aromatic rings. The van der Waals surface area contributed by atoms with Crippen LogP contribution in [0.2, 0.25) is 0 Å². The highest BCUT2D eigenvalue weighted by Crippen LogP contribution is 2.50. The third-order valence-electron chi connectivity index (χ3n) is 5.31. The number of benzene rings is 1. The molecule has 0 unspecified atom stereocenters. The van der Waals surface area contributed by atoms with Crippen molar-refractivity contribution in [1.29, 1.82) is 5.26 Å². The van der Waals surface area contributed by atoms with Crippen LogP contribution in [0.3, 0.4) is 0 Å². The molecule has 0 bridgehead atoms. The van der Waals surface area contributed by atoms with E-state index in [-0.39, 0.29) is 11.3 Å². The zero-order valence-electron chi connectivity index (χ0n) is 14.4. The Morgan fingerprint density at radius 1 is 1.15 bits per heavy atom. The Hall–Kier alpha value is -2.39. The molecule has 5 nitrogen and oxygen atoms in total. The molecule has 1 aliphatic carbocycles. The highest BCUT2D eigenvalue weighted by molar-refractivity contribution is 9.10. The second kappa shape index (κ2) is 6.73. The highest BCUT2D eigenvalue weighted by Gasteiger charge is 2.53. The SMILES string of the molecule is N#Cc1cccnc1N1CCN(C(=O)C2(c3cccc(Br)c3)CC2)CC1. The van der Waals surface area contributed by atoms with E-state index in [1.165, 1.54) is 0 Å². The molecule has 1 aliphatic heterocycles. The van der Waals surface area contributed by atoms with Gasteiger partial charge in [0.15, 0.2) is 0 Å². The van der Waals surface area contributed by atoms with Crippen molar-refractivity contribution < 1.29 is 4.79 Å². The van der Waals surface area contributed by atoms with Crippen molar-refractivity contribution in [3.63, 3.8) is 0 Å². The smallest absolute Gasteiger partial charge is 0.233 e. The van der Waals surface area contributed by atoms with E-state index < -0.39 is 0 Å². The zero-order valence-corrected chi connectivity index (χ0v) is 15.9. The van der Waals surface area contributed by atoms with E-state index in [0.29, 0.717) is 31.7 Å². The van der Waals surface area contributed by atoms with Crippen LogP contribution < -0.4 is 4.90 Å². The van der Waals surface area contributed by atoms with Crippen molar-refractivity contribution in [3.05, 3.63) is 58.2 Å². The van der Waals surface area contributed by atoms with Gasteiger partial charge in [0.2, 0.25) is 5.91 Å². The maximum absolute atomic E-state index is 13.2. The van der Waals surface area contributed by atoms with Gasteiger partial charge in [-0.2, -0.15) is 5.26 Å². The van der Waals surface area contributed by atoms with Crippen LogP contribution in [-0.4, -0.2) is 42.0 Å². The molecule has 0 N–H and O–H groups in total. The van der Waals surface area contributed by atoms with Crippen LogP contribution >= 0.6 is 15.9 Å². The third-order valence-corrected chi connectivity index (χ3v) is 5.80. The van der Waals surface area contributed by atoms with Gasteiger partial charge < -0.3 is 9.80 Å². The Morgan fingerprint density at radius 3 is 2.58 bits per heavy atom. The summed E-state index contributed by atoms with van der Waals surface area (Å²) in [6.07, 6.45) is 3.54. The Balaban J connectivity index is 1.47. The molecule has 1 amide bonds. The Morgan fingerprint density at radius 2 is 1.92 bits per heavy atom. The van der Waals surface area contributed by atoms with E-state index >= 15 is 0 Å². The summed E-state index contributed by atoms with van der Waals surface area (Å²) in [4.78, 5) is 21.6. The third kappa shape index (κ3) is 2.97. The lowest BCUT2D eigenvalue weighted by Gasteiger charge is -2.37. The van der Waals surface area contributed by atoms with Gasteiger partial charge in [-0.25, -0.2) is 4.98 Å². The normalized spacial score (nSPS) is 18.3. The maximum atomic E-state index is 13.2. The first-order chi connectivity index (χ1) is 12.6. The Kier molecular flexibility index (Phi) is 4.41. The van der Waals surface area contributed by atoms with Gasteiger partial charge in [0, 0.05) is 36.8 Å². The van der Waals surface area contributed by atoms with Gasteiger partial charge in [-0.3, -0.25) is 4.79 Å². The van der Waals surface area contributed by atoms with Crippen molar-refractivity contribution in [2.24, 2.45) is 0 Å². The van der Waals surface area contributed by atoms with Crippen LogP contribution in [0.5, 0.6) is 0 Å². The fourth-order valence-electron chi connectivity index (χ4n) is 3.70. The minimum atomic E-state index is -0.339. The molecular formula is C20H19BrN4O. The maximum Gasteiger partial charge on any atom is 0.233 e. The molecule has 2 heterocycles. The van der Waals surface area contributed by atoms with Crippen LogP contribution in [0.15, 0.2) is 47.1 Å². The molecule has 0 atom stereocenters. The molecular weight excluding hydrogens is 392 g/mol. The van der Waals surface area contributed by atoms with E-state index in [4.69, 9.17) is 0 Å². The number of nitriles is 1. The van der Waals surface area contributed by atoms with Gasteiger partial charge in [-0.05, 0) is 42.7 Å². The van der Waals surface area contributed by atoms with Crippen molar-refractivity contribution in [1.82, 2.24) is 9.88 Å². The summed E-state index contributed by atoms with van der Waals surface area (Å²) >= 11 is 3.51. The van der Waals surface area contributed by atoms with Crippen LogP contribution in [0.4, 0.5) is 5.82 Å². The number of halogens is 1. The summed E-state index contributed by atoms with van der Waals surface area (Å²) in [5, 5.41) is 9.27. The van der Waals surface area contributed by atoms with Crippen LogP contribution in [-0.2, 0) is 10.2 Å². The minimum absolute atomic E-state index is 0.233. The van der Waals surface area contributed by atoms with E-state index in [2.05, 4.69) is 44.0 Å². The number of hydrogen-bond donors (Lipinski definition) is 0. The van der Waals surface area contributed by atoms with Crippen molar-refractivity contribution in [2.45, 2.75) is 18.3 Å². The summed E-state index contributed by atoms with van der Waals surface area (Å²) in [7, 11) is 0. The highest BCUT2D eigenvalue weighted by atomic mass is 79.9. The van der Waals surface area contributed by atoms with E-state index in [1.807, 2.05) is 17.0 Å². The predicted octanol–water partition coefficient (Wildman–Crippen LogP) is 3.10. The molecule has 132 valence electrons. The molecule has 0 spiro atoms. The number of carbonyl (C=O) groups excluding carboxylic acids is 1. The summed E-state index contributed by atoms with van der Waals surface area (Å²) in [5.41, 5.74) is 1.35. The minimum Gasteiger partial charge on any atom is -0.352 e. The monoisotopic (exact) mass is 410 g/mol. The van der Waals surface area contributed by atoms with Crippen LogP contribution in [0.1, 0.15) is 24.0 Å². The zero-order chi connectivity index (χ0) is 18.1. The standard InChI is InChI=1S/C20H19BrN4O/c21-17-5-1-4-16(13-17)20(6-7-20)19(26)25-11-9-24(10-12-25)18-15(14-22)3-2-8-23-18/h1-5,8,13H,6-7,9-12H2. The average Bonchev–Trinajstić information content (AvgIpc) is 3.49. The lowest BCUT2D eigenvalue weighted by Crippen LogP contribution is -2.52. The number of carbonyl (C=O) groups is 1. The molecule has 2 aliphatic rings. The lowest BCUT2D eigenvalue weighted by molar-refractivity contribution is -0.134. The lowest BCUT2D eigenvalue weighted by atomic mass is 9.94. The molecule has 6 heteroatoms. The summed E-state index contributed by atoms with van der Waals surface area (Å²) in [6, 6.07) is 13.9. The van der Waals surface area contributed by atoms with Gasteiger partial charge >= 0.3 is 0 Å². The van der Waals surface area contributed by atoms with Gasteiger partial charge in [-0.1, -0.05) is 28.1 Å². The van der Waals surface area contributed by atoms with Gasteiger partial charge in [0.1, 0.15) is 11.9 Å². The van der Waals surface area contributed by atoms with Crippen LogP contribution in [0.25, 0.3) is 0 Å². The summed E-state index contributed by atoms with van der Waals surface area (Å²) in [5.74, 6) is 0.951. The molecule has 1 aromatic carbocycles. The first-order valence-corrected chi connectivity index (χ1v) is 9.59. The quantitative estimate of drug-likeness (QED) is 0.779. The molecule has 26 heavy (non-hydrogen) atoms. The number of nitrogens with zero attached hydrogens (tertiary/aromatic N) is 4. The molecule has 1 saturated heterocycles. The van der Waals surface area contributed by atoms with Crippen molar-refractivity contribution >= 4 is 27.7 Å². The van der Waals surface area contributed by atoms with E-state index in [1.54, 1.807) is 18.3 Å². The number of rotatable bonds is 3. The van der Waals surface area contributed by atoms with Crippen molar-refractivity contribution in [3.8, 4) is 6.07 Å². The number of pyridine rings is 1. The first kappa shape index (κ1) is 17.0. The molecule has 1 aromatic heterocycles. The molecule has 1 saturated carbocycles. The predicted molar refractivity (Wildman–Crippen MR) is 103 cm³/mol. The van der Waals surface area contributed by atoms with Gasteiger partial charge in [-0.15, -0.1) is 0 Å². The Bertz CT molecular complexity index is 879.